The predicted octanol–water partition coefficient (Wildman–Crippen LogP) is 3.51. The van der Waals surface area contributed by atoms with Crippen LogP contribution in [-0.2, 0) is 9.53 Å². The van der Waals surface area contributed by atoms with Gasteiger partial charge in [0, 0.05) is 35.5 Å². The van der Waals surface area contributed by atoms with E-state index in [9.17, 15) is 4.79 Å². The van der Waals surface area contributed by atoms with Crippen LogP contribution in [0.4, 0.5) is 0 Å². The zero-order chi connectivity index (χ0) is 15.4. The summed E-state index contributed by atoms with van der Waals surface area (Å²) in [7, 11) is 2.13. The third-order valence-electron chi connectivity index (χ3n) is 3.64. The fourth-order valence-electron chi connectivity index (χ4n) is 2.45. The van der Waals surface area contributed by atoms with Gasteiger partial charge in [0.2, 0.25) is 0 Å². The van der Waals surface area contributed by atoms with E-state index in [1.807, 2.05) is 6.92 Å². The Labute approximate surface area is 146 Å². The Morgan fingerprint density at radius 3 is 2.57 bits per heavy atom. The van der Waals surface area contributed by atoms with Crippen molar-refractivity contribution in [2.45, 2.75) is 19.4 Å². The number of likely N-dealkylation sites (N-methyl/N-ethyl adjacent to an activating group) is 1. The molecule has 0 aliphatic carbocycles. The van der Waals surface area contributed by atoms with E-state index in [4.69, 9.17) is 4.74 Å². The summed E-state index contributed by atoms with van der Waals surface area (Å²) in [5.74, 6) is -0.123. The van der Waals surface area contributed by atoms with E-state index in [1.165, 1.54) is 4.88 Å². The van der Waals surface area contributed by atoms with E-state index in [2.05, 4.69) is 54.8 Å². The molecule has 0 amide bonds. The molecule has 2 rings (SSSR count). The number of halogens is 2. The Bertz CT molecular complexity index is 468. The number of hydrogen-bond acceptors (Lipinski definition) is 5. The summed E-state index contributed by atoms with van der Waals surface area (Å²) >= 11 is 8.76. The Balaban J connectivity index is 2.15. The van der Waals surface area contributed by atoms with Gasteiger partial charge in [-0.15, -0.1) is 11.3 Å². The van der Waals surface area contributed by atoms with Crippen molar-refractivity contribution in [2.24, 2.45) is 0 Å². The molecule has 1 aliphatic heterocycles. The molecule has 1 atom stereocenters. The molecule has 0 radical (unpaired) electrons. The summed E-state index contributed by atoms with van der Waals surface area (Å²) in [5, 5.41) is 0. The topological polar surface area (TPSA) is 32.8 Å². The summed E-state index contributed by atoms with van der Waals surface area (Å²) in [6, 6.07) is 2.21. The third-order valence-corrected chi connectivity index (χ3v) is 6.99. The lowest BCUT2D eigenvalue weighted by Gasteiger charge is -2.37. The van der Waals surface area contributed by atoms with Crippen molar-refractivity contribution in [2.75, 3.05) is 39.8 Å². The molecular weight excluding hydrogens is 420 g/mol. The standard InChI is InChI=1S/C14H20Br2N2O2S/c1-3-20-13(19)9-11(12-8-10(15)14(16)21-12)18-6-4-17(2)5-7-18/h8,11H,3-7,9H2,1-2H3. The summed E-state index contributed by atoms with van der Waals surface area (Å²) in [6.07, 6.45) is 0.414. The van der Waals surface area contributed by atoms with Crippen LogP contribution in [0.25, 0.3) is 0 Å². The van der Waals surface area contributed by atoms with Gasteiger partial charge in [-0.05, 0) is 51.9 Å². The lowest BCUT2D eigenvalue weighted by atomic mass is 10.1. The molecule has 1 aromatic heterocycles. The second kappa shape index (κ2) is 8.06. The molecule has 7 heteroatoms. The monoisotopic (exact) mass is 438 g/mol. The summed E-state index contributed by atoms with van der Waals surface area (Å²) in [4.78, 5) is 17.9. The van der Waals surface area contributed by atoms with E-state index in [0.29, 0.717) is 13.0 Å². The molecule has 0 aromatic carbocycles. The average Bonchev–Trinajstić information content (AvgIpc) is 2.77. The third kappa shape index (κ3) is 4.76. The van der Waals surface area contributed by atoms with Gasteiger partial charge in [0.15, 0.2) is 0 Å². The molecule has 0 N–H and O–H groups in total. The number of rotatable bonds is 5. The molecule has 1 saturated heterocycles. The van der Waals surface area contributed by atoms with Gasteiger partial charge >= 0.3 is 5.97 Å². The number of carbonyl (C=O) groups excluding carboxylic acids is 1. The highest BCUT2D eigenvalue weighted by Gasteiger charge is 2.28. The first-order chi connectivity index (χ1) is 10.0. The molecule has 1 fully saturated rings. The van der Waals surface area contributed by atoms with Gasteiger partial charge in [-0.25, -0.2) is 0 Å². The number of thiophene rings is 1. The van der Waals surface area contributed by atoms with Crippen molar-refractivity contribution in [3.05, 3.63) is 19.2 Å². The highest BCUT2D eigenvalue weighted by Crippen LogP contribution is 2.39. The molecule has 1 unspecified atom stereocenters. The van der Waals surface area contributed by atoms with Crippen LogP contribution in [0.15, 0.2) is 14.3 Å². The minimum Gasteiger partial charge on any atom is -0.466 e. The molecule has 1 aliphatic rings. The predicted molar refractivity (Wildman–Crippen MR) is 92.8 cm³/mol. The second-order valence-corrected chi connectivity index (χ2v) is 8.39. The van der Waals surface area contributed by atoms with Crippen LogP contribution >= 0.6 is 43.2 Å². The Hall–Kier alpha value is 0.0500. The normalized spacial score (nSPS) is 18.7. The molecule has 21 heavy (non-hydrogen) atoms. The Kier molecular flexibility index (Phi) is 6.68. The van der Waals surface area contributed by atoms with Crippen molar-refractivity contribution in [3.8, 4) is 0 Å². The maximum atomic E-state index is 11.9. The first-order valence-electron chi connectivity index (χ1n) is 7.04. The molecule has 0 saturated carbocycles. The molecular formula is C14H20Br2N2O2S. The van der Waals surface area contributed by atoms with Crippen LogP contribution in [0, 0.1) is 0 Å². The molecule has 1 aromatic rings. The van der Waals surface area contributed by atoms with Gasteiger partial charge in [-0.2, -0.15) is 0 Å². The van der Waals surface area contributed by atoms with Crippen molar-refractivity contribution in [3.63, 3.8) is 0 Å². The summed E-state index contributed by atoms with van der Waals surface area (Å²) < 4.78 is 7.26. The highest BCUT2D eigenvalue weighted by molar-refractivity contribution is 9.13. The van der Waals surface area contributed by atoms with Gasteiger partial charge < -0.3 is 9.64 Å². The van der Waals surface area contributed by atoms with Crippen LogP contribution in [0.5, 0.6) is 0 Å². The minimum atomic E-state index is -0.123. The highest BCUT2D eigenvalue weighted by atomic mass is 79.9. The van der Waals surface area contributed by atoms with Crippen LogP contribution in [0.3, 0.4) is 0 Å². The van der Waals surface area contributed by atoms with Gasteiger partial charge in [-0.1, -0.05) is 0 Å². The Morgan fingerprint density at radius 1 is 1.38 bits per heavy atom. The molecule has 0 spiro atoms. The van der Waals surface area contributed by atoms with Crippen molar-refractivity contribution in [1.29, 1.82) is 0 Å². The minimum absolute atomic E-state index is 0.102. The number of carbonyl (C=O) groups is 1. The summed E-state index contributed by atoms with van der Waals surface area (Å²) in [6.45, 7) is 6.31. The van der Waals surface area contributed by atoms with E-state index in [1.54, 1.807) is 11.3 Å². The SMILES string of the molecule is CCOC(=O)CC(c1cc(Br)c(Br)s1)N1CCN(C)CC1. The van der Waals surface area contributed by atoms with Gasteiger partial charge in [0.25, 0.3) is 0 Å². The van der Waals surface area contributed by atoms with E-state index >= 15 is 0 Å². The quantitative estimate of drug-likeness (QED) is 0.657. The Morgan fingerprint density at radius 2 is 2.05 bits per heavy atom. The molecule has 0 bridgehead atoms. The molecule has 2 heterocycles. The first-order valence-corrected chi connectivity index (χ1v) is 9.44. The van der Waals surface area contributed by atoms with Crippen molar-refractivity contribution < 1.29 is 9.53 Å². The zero-order valence-electron chi connectivity index (χ0n) is 12.3. The largest absolute Gasteiger partial charge is 0.466 e. The van der Waals surface area contributed by atoms with Gasteiger partial charge in [-0.3, -0.25) is 9.69 Å². The van der Waals surface area contributed by atoms with E-state index in [-0.39, 0.29) is 12.0 Å². The first kappa shape index (κ1) is 17.4. The zero-order valence-corrected chi connectivity index (χ0v) is 16.3. The maximum absolute atomic E-state index is 11.9. The summed E-state index contributed by atoms with van der Waals surface area (Å²) in [5.41, 5.74) is 0. The molecule has 4 nitrogen and oxygen atoms in total. The van der Waals surface area contributed by atoms with Crippen molar-refractivity contribution in [1.82, 2.24) is 9.80 Å². The van der Waals surface area contributed by atoms with E-state index < -0.39 is 0 Å². The number of hydrogen-bond donors (Lipinski definition) is 0. The van der Waals surface area contributed by atoms with E-state index in [0.717, 1.165) is 34.4 Å². The van der Waals surface area contributed by atoms with Crippen LogP contribution in [0.2, 0.25) is 0 Å². The fraction of sp³-hybridized carbons (Fsp3) is 0.643. The fourth-order valence-corrected chi connectivity index (χ4v) is 4.67. The van der Waals surface area contributed by atoms with Crippen molar-refractivity contribution >= 4 is 49.2 Å². The van der Waals surface area contributed by atoms with Gasteiger partial charge in [0.1, 0.15) is 0 Å². The lowest BCUT2D eigenvalue weighted by molar-refractivity contribution is -0.144. The number of nitrogens with zero attached hydrogens (tertiary/aromatic N) is 2. The maximum Gasteiger partial charge on any atom is 0.307 e. The second-order valence-electron chi connectivity index (χ2n) is 5.13. The number of piperazine rings is 1. The van der Waals surface area contributed by atoms with Crippen LogP contribution < -0.4 is 0 Å². The van der Waals surface area contributed by atoms with Crippen LogP contribution in [0.1, 0.15) is 24.3 Å². The van der Waals surface area contributed by atoms with Gasteiger partial charge in [0.05, 0.1) is 22.9 Å². The van der Waals surface area contributed by atoms with Crippen LogP contribution in [-0.4, -0.2) is 55.6 Å². The molecule has 118 valence electrons. The number of ether oxygens (including phenoxy) is 1. The lowest BCUT2D eigenvalue weighted by Crippen LogP contribution is -2.46. The average molecular weight is 440 g/mol. The smallest absolute Gasteiger partial charge is 0.307 e. The number of esters is 1.